The number of nitrogens with zero attached hydrogens (tertiary/aromatic N) is 1. The van der Waals surface area contributed by atoms with Gasteiger partial charge >= 0.3 is 0 Å². The van der Waals surface area contributed by atoms with Gasteiger partial charge in [0, 0.05) is 17.8 Å². The molecule has 12 heavy (non-hydrogen) atoms. The molecule has 0 unspecified atom stereocenters. The molecular formula is C8H9N3O. The normalized spacial score (nSPS) is 10.4. The number of H-pyrrole nitrogens is 1. The second-order valence-corrected chi connectivity index (χ2v) is 2.49. The van der Waals surface area contributed by atoms with Gasteiger partial charge in [-0.25, -0.2) is 4.98 Å². The van der Waals surface area contributed by atoms with Crippen LogP contribution in [-0.4, -0.2) is 17.1 Å². The summed E-state index contributed by atoms with van der Waals surface area (Å²) in [5.41, 5.74) is 7.24. The lowest BCUT2D eigenvalue weighted by molar-refractivity contribution is 0.402. The van der Waals surface area contributed by atoms with Gasteiger partial charge in [0.05, 0.1) is 12.8 Å². The third kappa shape index (κ3) is 0.812. The van der Waals surface area contributed by atoms with Gasteiger partial charge in [-0.3, -0.25) is 0 Å². The van der Waals surface area contributed by atoms with E-state index in [0.717, 1.165) is 10.9 Å². The van der Waals surface area contributed by atoms with Gasteiger partial charge in [-0.2, -0.15) is 0 Å². The molecule has 4 heteroatoms. The van der Waals surface area contributed by atoms with E-state index >= 15 is 0 Å². The molecule has 0 amide bonds. The Bertz CT molecular complexity index is 408. The summed E-state index contributed by atoms with van der Waals surface area (Å²) in [6, 6.07) is 1.85. The first-order valence-electron chi connectivity index (χ1n) is 3.58. The van der Waals surface area contributed by atoms with Gasteiger partial charge in [0.1, 0.15) is 5.52 Å². The van der Waals surface area contributed by atoms with Crippen LogP contribution in [0.2, 0.25) is 0 Å². The predicted octanol–water partition coefficient (Wildman–Crippen LogP) is 1.15. The number of nitrogens with two attached hydrogens (primary N) is 1. The largest absolute Gasteiger partial charge is 0.479 e. The van der Waals surface area contributed by atoms with Gasteiger partial charge in [-0.15, -0.1) is 0 Å². The number of nitrogen functional groups attached to an aromatic ring is 1. The average molecular weight is 163 g/mol. The molecule has 2 aromatic heterocycles. The molecular weight excluding hydrogens is 154 g/mol. The lowest BCUT2D eigenvalue weighted by atomic mass is 10.3. The Morgan fingerprint density at radius 1 is 1.58 bits per heavy atom. The summed E-state index contributed by atoms with van der Waals surface area (Å²) >= 11 is 0. The first kappa shape index (κ1) is 6.97. The number of aromatic nitrogens is 2. The number of aromatic amines is 1. The van der Waals surface area contributed by atoms with E-state index in [0.29, 0.717) is 11.6 Å². The van der Waals surface area contributed by atoms with Crippen molar-refractivity contribution in [2.75, 3.05) is 12.8 Å². The molecule has 0 spiro atoms. The lowest BCUT2D eigenvalue weighted by Gasteiger charge is -1.98. The molecule has 0 aromatic carbocycles. The van der Waals surface area contributed by atoms with E-state index in [-0.39, 0.29) is 0 Å². The SMILES string of the molecule is COc1nccc2c(N)c[nH]c12. The van der Waals surface area contributed by atoms with Crippen molar-refractivity contribution < 1.29 is 4.74 Å². The summed E-state index contributed by atoms with van der Waals surface area (Å²) in [6.45, 7) is 0. The second-order valence-electron chi connectivity index (χ2n) is 2.49. The van der Waals surface area contributed by atoms with E-state index in [1.54, 1.807) is 19.5 Å². The highest BCUT2D eigenvalue weighted by atomic mass is 16.5. The minimum absolute atomic E-state index is 0.573. The minimum Gasteiger partial charge on any atom is -0.479 e. The average Bonchev–Trinajstić information content (AvgIpc) is 2.48. The van der Waals surface area contributed by atoms with Crippen LogP contribution in [0.4, 0.5) is 5.69 Å². The summed E-state index contributed by atoms with van der Waals surface area (Å²) in [4.78, 5) is 7.02. The topological polar surface area (TPSA) is 63.9 Å². The van der Waals surface area contributed by atoms with Gasteiger partial charge in [-0.05, 0) is 6.07 Å². The van der Waals surface area contributed by atoms with E-state index < -0.39 is 0 Å². The molecule has 0 saturated heterocycles. The van der Waals surface area contributed by atoms with Crippen molar-refractivity contribution in [1.29, 1.82) is 0 Å². The summed E-state index contributed by atoms with van der Waals surface area (Å²) in [7, 11) is 1.58. The van der Waals surface area contributed by atoms with Gasteiger partial charge in [0.2, 0.25) is 5.88 Å². The second kappa shape index (κ2) is 2.41. The molecule has 4 nitrogen and oxygen atoms in total. The number of hydrogen-bond donors (Lipinski definition) is 2. The maximum atomic E-state index is 5.69. The zero-order valence-corrected chi connectivity index (χ0v) is 6.66. The quantitative estimate of drug-likeness (QED) is 0.662. The van der Waals surface area contributed by atoms with Crippen molar-refractivity contribution >= 4 is 16.6 Å². The summed E-state index contributed by atoms with van der Waals surface area (Å²) in [5.74, 6) is 0.573. The Hall–Kier alpha value is -1.71. The highest BCUT2D eigenvalue weighted by Crippen LogP contribution is 2.25. The number of rotatable bonds is 1. The molecule has 0 aliphatic carbocycles. The zero-order valence-electron chi connectivity index (χ0n) is 6.66. The van der Waals surface area contributed by atoms with Crippen LogP contribution >= 0.6 is 0 Å². The van der Waals surface area contributed by atoms with Crippen LogP contribution in [0.3, 0.4) is 0 Å². The molecule has 2 aromatic rings. The monoisotopic (exact) mass is 163 g/mol. The van der Waals surface area contributed by atoms with Crippen LogP contribution in [0.5, 0.6) is 5.88 Å². The molecule has 0 saturated carbocycles. The van der Waals surface area contributed by atoms with Crippen LogP contribution in [0.25, 0.3) is 10.9 Å². The highest BCUT2D eigenvalue weighted by molar-refractivity contribution is 5.93. The number of fused-ring (bicyclic) bond motifs is 1. The maximum absolute atomic E-state index is 5.69. The number of hydrogen-bond acceptors (Lipinski definition) is 3. The maximum Gasteiger partial charge on any atom is 0.238 e. The summed E-state index contributed by atoms with van der Waals surface area (Å²) in [5, 5.41) is 0.946. The first-order chi connectivity index (χ1) is 5.83. The predicted molar refractivity (Wildman–Crippen MR) is 47.1 cm³/mol. The van der Waals surface area contributed by atoms with Crippen molar-refractivity contribution in [2.45, 2.75) is 0 Å². The van der Waals surface area contributed by atoms with Crippen LogP contribution in [0.1, 0.15) is 0 Å². The van der Waals surface area contributed by atoms with Crippen molar-refractivity contribution in [3.63, 3.8) is 0 Å². The van der Waals surface area contributed by atoms with Gasteiger partial charge in [-0.1, -0.05) is 0 Å². The molecule has 2 heterocycles. The van der Waals surface area contributed by atoms with Gasteiger partial charge < -0.3 is 15.5 Å². The Kier molecular flexibility index (Phi) is 1.40. The van der Waals surface area contributed by atoms with E-state index in [9.17, 15) is 0 Å². The Balaban J connectivity index is 2.81. The number of anilines is 1. The molecule has 0 fully saturated rings. The van der Waals surface area contributed by atoms with Gasteiger partial charge in [0.15, 0.2) is 0 Å². The Labute approximate surface area is 69.4 Å². The zero-order chi connectivity index (χ0) is 8.55. The van der Waals surface area contributed by atoms with Crippen LogP contribution < -0.4 is 10.5 Å². The fourth-order valence-electron chi connectivity index (χ4n) is 1.21. The fourth-order valence-corrected chi connectivity index (χ4v) is 1.21. The molecule has 0 bridgehead atoms. The Morgan fingerprint density at radius 3 is 3.17 bits per heavy atom. The van der Waals surface area contributed by atoms with Crippen LogP contribution in [0, 0.1) is 0 Å². The van der Waals surface area contributed by atoms with E-state index in [1.165, 1.54) is 0 Å². The number of nitrogens with one attached hydrogen (secondary N) is 1. The molecule has 0 radical (unpaired) electrons. The van der Waals surface area contributed by atoms with E-state index in [4.69, 9.17) is 10.5 Å². The smallest absolute Gasteiger partial charge is 0.238 e. The van der Waals surface area contributed by atoms with E-state index in [2.05, 4.69) is 9.97 Å². The fraction of sp³-hybridized carbons (Fsp3) is 0.125. The minimum atomic E-state index is 0.573. The van der Waals surface area contributed by atoms with Crippen LogP contribution in [0.15, 0.2) is 18.5 Å². The number of pyridine rings is 1. The molecule has 2 rings (SSSR count). The van der Waals surface area contributed by atoms with Crippen molar-refractivity contribution in [1.82, 2.24) is 9.97 Å². The third-order valence-electron chi connectivity index (χ3n) is 1.79. The molecule has 0 atom stereocenters. The summed E-state index contributed by atoms with van der Waals surface area (Å²) in [6.07, 6.45) is 3.40. The highest BCUT2D eigenvalue weighted by Gasteiger charge is 2.05. The molecule has 0 aliphatic rings. The molecule has 0 aliphatic heterocycles. The number of methoxy groups -OCH3 is 1. The van der Waals surface area contributed by atoms with E-state index in [1.807, 2.05) is 6.07 Å². The standard InChI is InChI=1S/C8H9N3O/c1-12-8-7-5(2-3-10-8)6(9)4-11-7/h2-4,11H,9H2,1H3. The first-order valence-corrected chi connectivity index (χ1v) is 3.58. The summed E-state index contributed by atoms with van der Waals surface area (Å²) < 4.78 is 5.04. The van der Waals surface area contributed by atoms with Crippen LogP contribution in [-0.2, 0) is 0 Å². The molecule has 3 N–H and O–H groups in total. The number of ether oxygens (including phenoxy) is 1. The van der Waals surface area contributed by atoms with Crippen molar-refractivity contribution in [2.24, 2.45) is 0 Å². The van der Waals surface area contributed by atoms with Crippen molar-refractivity contribution in [3.8, 4) is 5.88 Å². The lowest BCUT2D eigenvalue weighted by Crippen LogP contribution is -1.88. The Morgan fingerprint density at radius 2 is 2.42 bits per heavy atom. The molecule has 62 valence electrons. The third-order valence-corrected chi connectivity index (χ3v) is 1.79. The van der Waals surface area contributed by atoms with Crippen molar-refractivity contribution in [3.05, 3.63) is 18.5 Å². The van der Waals surface area contributed by atoms with Gasteiger partial charge in [0.25, 0.3) is 0 Å².